The summed E-state index contributed by atoms with van der Waals surface area (Å²) < 4.78 is 0.547. The molecule has 0 fully saturated rings. The van der Waals surface area contributed by atoms with Crippen LogP contribution in [0.15, 0.2) is 22.7 Å². The second-order valence-corrected chi connectivity index (χ2v) is 3.61. The van der Waals surface area contributed by atoms with Crippen molar-refractivity contribution in [3.8, 4) is 0 Å². The Morgan fingerprint density at radius 2 is 2.23 bits per heavy atom. The highest BCUT2D eigenvalue weighted by atomic mass is 79.9. The van der Waals surface area contributed by atoms with Gasteiger partial charge in [-0.2, -0.15) is 0 Å². The first-order valence-electron chi connectivity index (χ1n) is 3.91. The molecule has 0 radical (unpaired) electrons. The van der Waals surface area contributed by atoms with Crippen LogP contribution in [-0.2, 0) is 4.79 Å². The fraction of sp³-hybridized carbons (Fsp3) is 0.200. The predicted molar refractivity (Wildman–Crippen MR) is 56.6 cm³/mol. The quantitative estimate of drug-likeness (QED) is 0.744. The lowest BCUT2D eigenvalue weighted by Gasteiger charge is -1.95. The highest BCUT2D eigenvalue weighted by Crippen LogP contribution is 2.11. The average molecular weight is 240 g/mol. The fourth-order valence-electron chi connectivity index (χ4n) is 0.876. The smallest absolute Gasteiger partial charge is 0.166 e. The minimum atomic E-state index is 0.00306. The molecule has 3 heteroatoms. The minimum Gasteiger partial charge on any atom is -0.294 e. The first-order chi connectivity index (χ1) is 6.09. The molecule has 0 unspecified atom stereocenters. The number of carbonyl (C=O) groups excluding carboxylic acids is 1. The number of allylic oxidation sites excluding steroid dienone is 1. The van der Waals surface area contributed by atoms with Crippen molar-refractivity contribution in [2.24, 2.45) is 0 Å². The lowest BCUT2D eigenvalue weighted by molar-refractivity contribution is -0.112. The van der Waals surface area contributed by atoms with E-state index in [-0.39, 0.29) is 5.78 Å². The first kappa shape index (κ1) is 10.1. The van der Waals surface area contributed by atoms with Crippen LogP contribution in [0.1, 0.15) is 18.3 Å². The second-order valence-electron chi connectivity index (χ2n) is 2.75. The van der Waals surface area contributed by atoms with E-state index in [2.05, 4.69) is 20.9 Å². The van der Waals surface area contributed by atoms with E-state index in [0.717, 1.165) is 11.4 Å². The van der Waals surface area contributed by atoms with E-state index >= 15 is 0 Å². The summed E-state index contributed by atoms with van der Waals surface area (Å²) in [7, 11) is 0. The van der Waals surface area contributed by atoms with E-state index in [1.54, 1.807) is 6.08 Å². The summed E-state index contributed by atoms with van der Waals surface area (Å²) in [5.74, 6) is 0.00306. The molecular formula is C10H10BrNO. The number of aromatic nitrogens is 1. The van der Waals surface area contributed by atoms with Gasteiger partial charge in [0.1, 0.15) is 0 Å². The molecule has 2 nitrogen and oxygen atoms in total. The average Bonchev–Trinajstić information content (AvgIpc) is 2.04. The van der Waals surface area contributed by atoms with Crippen LogP contribution in [0.3, 0.4) is 0 Å². The third-order valence-corrected chi connectivity index (χ3v) is 2.31. The van der Waals surface area contributed by atoms with Crippen LogP contribution >= 0.6 is 15.9 Å². The lowest BCUT2D eigenvalue weighted by atomic mass is 10.3. The molecule has 13 heavy (non-hydrogen) atoms. The maximum Gasteiger partial charge on any atom is 0.166 e. The molecule has 0 amide bonds. The topological polar surface area (TPSA) is 30.0 Å². The SMILES string of the molecule is CC(=O)/C(Br)=C/c1cccc(C)n1. The van der Waals surface area contributed by atoms with Gasteiger partial charge in [0, 0.05) is 5.69 Å². The fourth-order valence-corrected chi connectivity index (χ4v) is 1.11. The van der Waals surface area contributed by atoms with Crippen LogP contribution in [0.4, 0.5) is 0 Å². The number of halogens is 1. The Balaban J connectivity index is 2.97. The highest BCUT2D eigenvalue weighted by Gasteiger charge is 1.98. The second kappa shape index (κ2) is 4.33. The summed E-state index contributed by atoms with van der Waals surface area (Å²) in [6.45, 7) is 3.43. The van der Waals surface area contributed by atoms with Crippen molar-refractivity contribution in [2.75, 3.05) is 0 Å². The van der Waals surface area contributed by atoms with Gasteiger partial charge in [-0.25, -0.2) is 0 Å². The predicted octanol–water partition coefficient (Wildman–Crippen LogP) is 2.71. The lowest BCUT2D eigenvalue weighted by Crippen LogP contribution is -1.90. The molecule has 1 heterocycles. The Hall–Kier alpha value is -0.960. The Labute approximate surface area is 85.8 Å². The summed E-state index contributed by atoms with van der Waals surface area (Å²) in [5, 5.41) is 0. The number of pyridine rings is 1. The van der Waals surface area contributed by atoms with Crippen molar-refractivity contribution in [3.63, 3.8) is 0 Å². The molecule has 0 aromatic carbocycles. The van der Waals surface area contributed by atoms with E-state index in [9.17, 15) is 4.79 Å². The van der Waals surface area contributed by atoms with E-state index in [4.69, 9.17) is 0 Å². The molecule has 1 aromatic rings. The molecule has 1 aromatic heterocycles. The van der Waals surface area contributed by atoms with Gasteiger partial charge < -0.3 is 0 Å². The largest absolute Gasteiger partial charge is 0.294 e. The number of hydrogen-bond donors (Lipinski definition) is 0. The number of ketones is 1. The molecule has 0 N–H and O–H groups in total. The van der Waals surface area contributed by atoms with Crippen LogP contribution in [0.2, 0.25) is 0 Å². The standard InChI is InChI=1S/C10H10BrNO/c1-7-4-3-5-9(12-7)6-10(11)8(2)13/h3-6H,1-2H3/b10-6-. The number of rotatable bonds is 2. The Bertz CT molecular complexity index is 358. The maximum atomic E-state index is 10.9. The molecule has 0 atom stereocenters. The molecule has 0 aliphatic rings. The molecule has 0 saturated carbocycles. The van der Waals surface area contributed by atoms with Gasteiger partial charge in [-0.15, -0.1) is 0 Å². The van der Waals surface area contributed by atoms with Crippen molar-refractivity contribution in [1.29, 1.82) is 0 Å². The van der Waals surface area contributed by atoms with Gasteiger partial charge in [-0.1, -0.05) is 6.07 Å². The zero-order chi connectivity index (χ0) is 9.84. The van der Waals surface area contributed by atoms with Crippen molar-refractivity contribution in [1.82, 2.24) is 4.98 Å². The van der Waals surface area contributed by atoms with Gasteiger partial charge in [-0.05, 0) is 48.0 Å². The molecule has 0 aliphatic heterocycles. The normalized spacial score (nSPS) is 11.5. The Morgan fingerprint density at radius 3 is 2.77 bits per heavy atom. The molecule has 1 rings (SSSR count). The highest BCUT2D eigenvalue weighted by molar-refractivity contribution is 9.12. The molecule has 0 spiro atoms. The third kappa shape index (κ3) is 3.11. The van der Waals surface area contributed by atoms with E-state index in [1.165, 1.54) is 6.92 Å². The zero-order valence-corrected chi connectivity index (χ0v) is 9.13. The summed E-state index contributed by atoms with van der Waals surface area (Å²) in [4.78, 5) is 15.1. The minimum absolute atomic E-state index is 0.00306. The Kier molecular flexibility index (Phi) is 3.37. The number of hydrogen-bond acceptors (Lipinski definition) is 2. The van der Waals surface area contributed by atoms with Gasteiger partial charge >= 0.3 is 0 Å². The van der Waals surface area contributed by atoms with Crippen LogP contribution in [0.5, 0.6) is 0 Å². The van der Waals surface area contributed by atoms with Gasteiger partial charge in [0.15, 0.2) is 5.78 Å². The van der Waals surface area contributed by atoms with Crippen molar-refractivity contribution >= 4 is 27.8 Å². The van der Waals surface area contributed by atoms with Crippen LogP contribution in [0.25, 0.3) is 6.08 Å². The monoisotopic (exact) mass is 239 g/mol. The number of aryl methyl sites for hydroxylation is 1. The van der Waals surface area contributed by atoms with Gasteiger partial charge in [0.05, 0.1) is 10.2 Å². The van der Waals surface area contributed by atoms with Crippen LogP contribution in [-0.4, -0.2) is 10.8 Å². The number of carbonyl (C=O) groups is 1. The number of Topliss-reactive ketones (excluding diaryl/α,β-unsaturated/α-hetero) is 1. The van der Waals surface area contributed by atoms with E-state index in [1.807, 2.05) is 25.1 Å². The molecule has 0 bridgehead atoms. The zero-order valence-electron chi connectivity index (χ0n) is 7.54. The Morgan fingerprint density at radius 1 is 1.54 bits per heavy atom. The van der Waals surface area contributed by atoms with Crippen molar-refractivity contribution < 1.29 is 4.79 Å². The van der Waals surface area contributed by atoms with Crippen LogP contribution < -0.4 is 0 Å². The van der Waals surface area contributed by atoms with Crippen molar-refractivity contribution in [3.05, 3.63) is 34.1 Å². The molecule has 0 saturated heterocycles. The maximum absolute atomic E-state index is 10.9. The summed E-state index contributed by atoms with van der Waals surface area (Å²) in [5.41, 5.74) is 1.74. The van der Waals surface area contributed by atoms with Gasteiger partial charge in [0.25, 0.3) is 0 Å². The summed E-state index contributed by atoms with van der Waals surface area (Å²) >= 11 is 3.18. The van der Waals surface area contributed by atoms with Crippen LogP contribution in [0, 0.1) is 6.92 Å². The van der Waals surface area contributed by atoms with Gasteiger partial charge in [-0.3, -0.25) is 9.78 Å². The molecule has 0 aliphatic carbocycles. The third-order valence-electron chi connectivity index (χ3n) is 1.52. The summed E-state index contributed by atoms with van der Waals surface area (Å²) in [6, 6.07) is 5.69. The van der Waals surface area contributed by atoms with Crippen molar-refractivity contribution in [2.45, 2.75) is 13.8 Å². The van der Waals surface area contributed by atoms with E-state index < -0.39 is 0 Å². The molecular weight excluding hydrogens is 230 g/mol. The summed E-state index contributed by atoms with van der Waals surface area (Å²) in [6.07, 6.45) is 1.72. The number of nitrogens with zero attached hydrogens (tertiary/aromatic N) is 1. The first-order valence-corrected chi connectivity index (χ1v) is 4.70. The molecule has 68 valence electrons. The van der Waals surface area contributed by atoms with Gasteiger partial charge in [0.2, 0.25) is 0 Å². The van der Waals surface area contributed by atoms with E-state index in [0.29, 0.717) is 4.48 Å².